The van der Waals surface area contributed by atoms with E-state index in [9.17, 15) is 0 Å². The van der Waals surface area contributed by atoms with Crippen LogP contribution in [0.5, 0.6) is 0 Å². The third-order valence-corrected chi connectivity index (χ3v) is 3.17. The van der Waals surface area contributed by atoms with Gasteiger partial charge in [-0.1, -0.05) is 0 Å². The second-order valence-corrected chi connectivity index (χ2v) is 4.22. The number of nitrogens with two attached hydrogens (primary N) is 1. The summed E-state index contributed by atoms with van der Waals surface area (Å²) in [6.07, 6.45) is 3.45. The molecule has 5 nitrogen and oxygen atoms in total. The maximum atomic E-state index is 9.09. The average Bonchev–Trinajstić information content (AvgIpc) is 2.27. The summed E-state index contributed by atoms with van der Waals surface area (Å²) in [6, 6.07) is 5.93. The summed E-state index contributed by atoms with van der Waals surface area (Å²) in [5, 5.41) is 18.0. The summed E-state index contributed by atoms with van der Waals surface area (Å²) in [5.74, 6) is 0.731. The lowest BCUT2D eigenvalue weighted by atomic mass is 9.91. The molecular formula is C12H16N4O. The Kier molecular flexibility index (Phi) is 3.45. The molecule has 0 radical (unpaired) electrons. The lowest BCUT2D eigenvalue weighted by molar-refractivity contribution is 0.283. The second kappa shape index (κ2) is 5.02. The summed E-state index contributed by atoms with van der Waals surface area (Å²) >= 11 is 0. The minimum atomic E-state index is 0.0877. The Bertz CT molecular complexity index is 437. The van der Waals surface area contributed by atoms with E-state index < -0.39 is 0 Å². The van der Waals surface area contributed by atoms with E-state index in [0.29, 0.717) is 18.3 Å². The minimum Gasteiger partial charge on any atom is -0.396 e. The Labute approximate surface area is 100 Å². The zero-order valence-electron chi connectivity index (χ0n) is 9.63. The molecule has 90 valence electrons. The standard InChI is InChI=1S/C12H16N4O/c13-8-11-10(14)4-5-12(15-11)16(6-7-17)9-2-1-3-9/h4-5,9,17H,1-3,6-7,14H2. The largest absolute Gasteiger partial charge is 0.396 e. The van der Waals surface area contributed by atoms with Gasteiger partial charge in [0, 0.05) is 12.6 Å². The highest BCUT2D eigenvalue weighted by Crippen LogP contribution is 2.29. The highest BCUT2D eigenvalue weighted by atomic mass is 16.3. The highest BCUT2D eigenvalue weighted by molar-refractivity contribution is 5.55. The second-order valence-electron chi connectivity index (χ2n) is 4.22. The molecule has 0 saturated heterocycles. The van der Waals surface area contributed by atoms with Crippen molar-refractivity contribution in [2.24, 2.45) is 0 Å². The van der Waals surface area contributed by atoms with E-state index in [0.717, 1.165) is 18.7 Å². The number of aliphatic hydroxyl groups is 1. The van der Waals surface area contributed by atoms with Gasteiger partial charge in [-0.3, -0.25) is 0 Å². The first-order chi connectivity index (χ1) is 8.26. The quantitative estimate of drug-likeness (QED) is 0.805. The smallest absolute Gasteiger partial charge is 0.165 e. The fraction of sp³-hybridized carbons (Fsp3) is 0.500. The van der Waals surface area contributed by atoms with Crippen LogP contribution in [0.4, 0.5) is 11.5 Å². The van der Waals surface area contributed by atoms with Gasteiger partial charge in [0.2, 0.25) is 0 Å². The van der Waals surface area contributed by atoms with E-state index in [1.165, 1.54) is 6.42 Å². The third kappa shape index (κ3) is 2.32. The molecule has 1 fully saturated rings. The van der Waals surface area contributed by atoms with Crippen LogP contribution in [0.1, 0.15) is 25.0 Å². The molecule has 17 heavy (non-hydrogen) atoms. The Morgan fingerprint density at radius 3 is 2.82 bits per heavy atom. The van der Waals surface area contributed by atoms with Crippen molar-refractivity contribution in [1.29, 1.82) is 5.26 Å². The van der Waals surface area contributed by atoms with E-state index in [-0.39, 0.29) is 12.3 Å². The first-order valence-corrected chi connectivity index (χ1v) is 5.80. The predicted molar refractivity (Wildman–Crippen MR) is 65.4 cm³/mol. The molecule has 0 unspecified atom stereocenters. The van der Waals surface area contributed by atoms with Gasteiger partial charge in [-0.15, -0.1) is 0 Å². The maximum Gasteiger partial charge on any atom is 0.165 e. The van der Waals surface area contributed by atoms with E-state index in [1.54, 1.807) is 6.07 Å². The summed E-state index contributed by atoms with van der Waals surface area (Å²) in [5.41, 5.74) is 6.30. The number of anilines is 2. The van der Waals surface area contributed by atoms with Crippen molar-refractivity contribution in [3.05, 3.63) is 17.8 Å². The number of rotatable bonds is 4. The molecule has 0 amide bonds. The Balaban J connectivity index is 2.26. The lowest BCUT2D eigenvalue weighted by Crippen LogP contribution is -2.42. The van der Waals surface area contributed by atoms with Gasteiger partial charge in [-0.2, -0.15) is 5.26 Å². The van der Waals surface area contributed by atoms with Gasteiger partial charge in [0.05, 0.1) is 12.3 Å². The van der Waals surface area contributed by atoms with Crippen LogP contribution < -0.4 is 10.6 Å². The Hall–Kier alpha value is -1.80. The summed E-state index contributed by atoms with van der Waals surface area (Å²) in [6.45, 7) is 0.636. The molecule has 1 aromatic heterocycles. The first kappa shape index (κ1) is 11.7. The van der Waals surface area contributed by atoms with Crippen LogP contribution in [0, 0.1) is 11.3 Å². The molecule has 2 rings (SSSR count). The SMILES string of the molecule is N#Cc1nc(N(CCO)C2CCC2)ccc1N. The summed E-state index contributed by atoms with van der Waals surface area (Å²) in [4.78, 5) is 6.30. The van der Waals surface area contributed by atoms with Crippen LogP contribution >= 0.6 is 0 Å². The number of aromatic nitrogens is 1. The van der Waals surface area contributed by atoms with Gasteiger partial charge >= 0.3 is 0 Å². The third-order valence-electron chi connectivity index (χ3n) is 3.17. The molecule has 1 saturated carbocycles. The Morgan fingerprint density at radius 2 is 2.29 bits per heavy atom. The first-order valence-electron chi connectivity index (χ1n) is 5.80. The average molecular weight is 232 g/mol. The van der Waals surface area contributed by atoms with Crippen LogP contribution in [0.15, 0.2) is 12.1 Å². The number of pyridine rings is 1. The monoisotopic (exact) mass is 232 g/mol. The van der Waals surface area contributed by atoms with Crippen molar-refractivity contribution in [1.82, 2.24) is 4.98 Å². The number of nitrogens with zero attached hydrogens (tertiary/aromatic N) is 3. The predicted octanol–water partition coefficient (Wildman–Crippen LogP) is 0.887. The van der Waals surface area contributed by atoms with Gasteiger partial charge in [0.1, 0.15) is 11.9 Å². The van der Waals surface area contributed by atoms with E-state index in [4.69, 9.17) is 16.1 Å². The molecule has 1 heterocycles. The van der Waals surface area contributed by atoms with Crippen LogP contribution in [0.3, 0.4) is 0 Å². The van der Waals surface area contributed by atoms with Crippen molar-refractivity contribution >= 4 is 11.5 Å². The van der Waals surface area contributed by atoms with Crippen molar-refractivity contribution in [2.45, 2.75) is 25.3 Å². The van der Waals surface area contributed by atoms with Crippen LogP contribution in [0.2, 0.25) is 0 Å². The normalized spacial score (nSPS) is 15.1. The number of nitriles is 1. The van der Waals surface area contributed by atoms with Crippen LogP contribution in [0.25, 0.3) is 0 Å². The van der Waals surface area contributed by atoms with Gasteiger partial charge < -0.3 is 15.7 Å². The van der Waals surface area contributed by atoms with Crippen molar-refractivity contribution in [3.63, 3.8) is 0 Å². The highest BCUT2D eigenvalue weighted by Gasteiger charge is 2.25. The molecule has 0 aliphatic heterocycles. The maximum absolute atomic E-state index is 9.09. The van der Waals surface area contributed by atoms with Crippen molar-refractivity contribution in [2.75, 3.05) is 23.8 Å². The summed E-state index contributed by atoms with van der Waals surface area (Å²) < 4.78 is 0. The van der Waals surface area contributed by atoms with E-state index in [1.807, 2.05) is 12.1 Å². The molecule has 1 aliphatic rings. The van der Waals surface area contributed by atoms with Crippen molar-refractivity contribution < 1.29 is 5.11 Å². The number of hydrogen-bond donors (Lipinski definition) is 2. The zero-order valence-corrected chi connectivity index (χ0v) is 9.63. The van der Waals surface area contributed by atoms with E-state index >= 15 is 0 Å². The molecule has 3 N–H and O–H groups in total. The Morgan fingerprint density at radius 1 is 1.53 bits per heavy atom. The number of aliphatic hydroxyl groups excluding tert-OH is 1. The topological polar surface area (TPSA) is 86.2 Å². The summed E-state index contributed by atoms with van der Waals surface area (Å²) in [7, 11) is 0. The van der Waals surface area contributed by atoms with Gasteiger partial charge in [-0.05, 0) is 31.4 Å². The zero-order chi connectivity index (χ0) is 12.3. The van der Waals surface area contributed by atoms with Gasteiger partial charge in [0.15, 0.2) is 5.69 Å². The lowest BCUT2D eigenvalue weighted by Gasteiger charge is -2.38. The van der Waals surface area contributed by atoms with Gasteiger partial charge in [0.25, 0.3) is 0 Å². The fourth-order valence-corrected chi connectivity index (χ4v) is 2.00. The number of hydrogen-bond acceptors (Lipinski definition) is 5. The molecule has 0 spiro atoms. The molecule has 1 aliphatic carbocycles. The van der Waals surface area contributed by atoms with Crippen molar-refractivity contribution in [3.8, 4) is 6.07 Å². The molecule has 5 heteroatoms. The molecular weight excluding hydrogens is 216 g/mol. The molecule has 0 bridgehead atoms. The van der Waals surface area contributed by atoms with Crippen LogP contribution in [-0.2, 0) is 0 Å². The number of nitrogen functional groups attached to an aromatic ring is 1. The van der Waals surface area contributed by atoms with Gasteiger partial charge in [-0.25, -0.2) is 4.98 Å². The van der Waals surface area contributed by atoms with E-state index in [2.05, 4.69) is 9.88 Å². The minimum absolute atomic E-state index is 0.0877. The molecule has 0 aromatic carbocycles. The molecule has 0 atom stereocenters. The molecule has 1 aromatic rings. The van der Waals surface area contributed by atoms with Crippen LogP contribution in [-0.4, -0.2) is 29.3 Å². The fourth-order valence-electron chi connectivity index (χ4n) is 2.00.